The predicted molar refractivity (Wildman–Crippen MR) is 93.5 cm³/mol. The van der Waals surface area contributed by atoms with E-state index in [1.165, 1.54) is 0 Å². The van der Waals surface area contributed by atoms with E-state index in [4.69, 9.17) is 14.6 Å². The van der Waals surface area contributed by atoms with E-state index < -0.39 is 17.2 Å². The van der Waals surface area contributed by atoms with Gasteiger partial charge < -0.3 is 19.7 Å². The summed E-state index contributed by atoms with van der Waals surface area (Å²) in [5.74, 6) is 0.0638. The number of carbonyl (C=O) groups is 1. The van der Waals surface area contributed by atoms with Gasteiger partial charge in [-0.3, -0.25) is 0 Å². The molecule has 0 aromatic heterocycles. The molecule has 136 valence electrons. The summed E-state index contributed by atoms with van der Waals surface area (Å²) in [6.07, 6.45) is 9.65. The van der Waals surface area contributed by atoms with Gasteiger partial charge in [0, 0.05) is 11.8 Å². The van der Waals surface area contributed by atoms with E-state index in [0.29, 0.717) is 24.2 Å². The largest absolute Gasteiger partial charge is 0.423 e. The molecule has 3 atom stereocenters. The van der Waals surface area contributed by atoms with E-state index in [2.05, 4.69) is 13.8 Å². The normalized spacial score (nSPS) is 38.7. The van der Waals surface area contributed by atoms with Gasteiger partial charge in [0.25, 0.3) is 0 Å². The van der Waals surface area contributed by atoms with E-state index in [-0.39, 0.29) is 18.1 Å². The summed E-state index contributed by atoms with van der Waals surface area (Å²) in [4.78, 5) is 12.1. The quantitative estimate of drug-likeness (QED) is 0.604. The Hall–Kier alpha value is -1.69. The summed E-state index contributed by atoms with van der Waals surface area (Å²) in [5.41, 5.74) is 0.202. The fourth-order valence-electron chi connectivity index (χ4n) is 4.30. The van der Waals surface area contributed by atoms with Crippen LogP contribution < -0.4 is 0 Å². The van der Waals surface area contributed by atoms with Gasteiger partial charge in [-0.25, -0.2) is 4.79 Å². The number of aliphatic hydroxyl groups excluding tert-OH is 2. The molecule has 0 amide bonds. The van der Waals surface area contributed by atoms with Gasteiger partial charge in [0.1, 0.15) is 17.0 Å². The summed E-state index contributed by atoms with van der Waals surface area (Å²) in [6, 6.07) is 0. The van der Waals surface area contributed by atoms with Gasteiger partial charge in [0.15, 0.2) is 0 Å². The number of hydrogen-bond acceptors (Lipinski definition) is 5. The summed E-state index contributed by atoms with van der Waals surface area (Å²) in [5, 5.41) is 19.0. The first-order chi connectivity index (χ1) is 11.6. The minimum Gasteiger partial charge on any atom is -0.423 e. The van der Waals surface area contributed by atoms with Crippen LogP contribution in [0, 0.1) is 5.41 Å². The standard InChI is InChI=1S/C20H26O5/c1-13(6-8-21)9-16-10-14(17(23)24-16)5-7-20-18(2,3)11-15(22)12-19(20,4)25-20/h5-7,9-10,15,21-22H,8,11-12H2,1-4H3/b7-5+,13-6+,16-9+/t15-,19+,20-/m0/s1. The van der Waals surface area contributed by atoms with Crippen LogP contribution in [0.3, 0.4) is 0 Å². The Morgan fingerprint density at radius 1 is 1.36 bits per heavy atom. The number of epoxide rings is 1. The van der Waals surface area contributed by atoms with Gasteiger partial charge in [-0.05, 0) is 50.1 Å². The van der Waals surface area contributed by atoms with Crippen molar-refractivity contribution in [2.75, 3.05) is 6.61 Å². The Bertz CT molecular complexity index is 712. The van der Waals surface area contributed by atoms with Crippen molar-refractivity contribution in [1.82, 2.24) is 0 Å². The summed E-state index contributed by atoms with van der Waals surface area (Å²) in [7, 11) is 0. The molecule has 2 fully saturated rings. The maximum atomic E-state index is 12.1. The zero-order valence-corrected chi connectivity index (χ0v) is 15.2. The predicted octanol–water partition coefficient (Wildman–Crippen LogP) is 2.56. The second-order valence-corrected chi connectivity index (χ2v) is 8.01. The van der Waals surface area contributed by atoms with Crippen molar-refractivity contribution >= 4 is 5.97 Å². The van der Waals surface area contributed by atoms with E-state index >= 15 is 0 Å². The first-order valence-corrected chi connectivity index (χ1v) is 8.63. The smallest absolute Gasteiger partial charge is 0.343 e. The number of aliphatic hydroxyl groups is 2. The van der Waals surface area contributed by atoms with E-state index in [1.807, 2.05) is 19.9 Å². The number of rotatable bonds is 4. The molecule has 0 radical (unpaired) electrons. The lowest BCUT2D eigenvalue weighted by molar-refractivity contribution is -0.132. The minimum atomic E-state index is -0.473. The molecule has 0 spiro atoms. The number of carbonyl (C=O) groups excluding carboxylic acids is 1. The van der Waals surface area contributed by atoms with Crippen molar-refractivity contribution in [3.63, 3.8) is 0 Å². The average Bonchev–Trinajstić information content (AvgIpc) is 2.94. The lowest BCUT2D eigenvalue weighted by atomic mass is 9.63. The van der Waals surface area contributed by atoms with E-state index in [1.54, 1.807) is 24.3 Å². The maximum Gasteiger partial charge on any atom is 0.343 e. The molecule has 25 heavy (non-hydrogen) atoms. The molecule has 5 heteroatoms. The molecule has 0 bridgehead atoms. The van der Waals surface area contributed by atoms with Crippen LogP contribution in [-0.2, 0) is 14.3 Å². The molecule has 1 saturated carbocycles. The van der Waals surface area contributed by atoms with Gasteiger partial charge in [0.05, 0.1) is 18.3 Å². The molecule has 0 aromatic rings. The van der Waals surface area contributed by atoms with Crippen molar-refractivity contribution in [1.29, 1.82) is 0 Å². The summed E-state index contributed by atoms with van der Waals surface area (Å²) in [6.45, 7) is 7.95. The highest BCUT2D eigenvalue weighted by Gasteiger charge is 2.74. The maximum absolute atomic E-state index is 12.1. The van der Waals surface area contributed by atoms with Crippen LogP contribution in [0.5, 0.6) is 0 Å². The second-order valence-electron chi connectivity index (χ2n) is 8.01. The highest BCUT2D eigenvalue weighted by atomic mass is 16.6. The van der Waals surface area contributed by atoms with Crippen molar-refractivity contribution in [3.05, 3.63) is 47.3 Å². The number of hydrogen-bond donors (Lipinski definition) is 2. The average molecular weight is 346 g/mol. The third-order valence-corrected chi connectivity index (χ3v) is 5.53. The van der Waals surface area contributed by atoms with Crippen LogP contribution in [-0.4, -0.2) is 40.1 Å². The third-order valence-electron chi connectivity index (χ3n) is 5.53. The van der Waals surface area contributed by atoms with Crippen LogP contribution in [0.4, 0.5) is 0 Å². The van der Waals surface area contributed by atoms with Crippen LogP contribution >= 0.6 is 0 Å². The zero-order valence-electron chi connectivity index (χ0n) is 15.2. The summed E-state index contributed by atoms with van der Waals surface area (Å²) >= 11 is 0. The van der Waals surface area contributed by atoms with Gasteiger partial charge in [-0.1, -0.05) is 19.9 Å². The zero-order chi connectivity index (χ0) is 18.5. The van der Waals surface area contributed by atoms with E-state index in [9.17, 15) is 9.90 Å². The number of cyclic esters (lactones) is 1. The van der Waals surface area contributed by atoms with Crippen LogP contribution in [0.1, 0.15) is 40.5 Å². The number of allylic oxidation sites excluding steroid dienone is 3. The molecule has 3 rings (SSSR count). The molecule has 5 nitrogen and oxygen atoms in total. The van der Waals surface area contributed by atoms with Crippen molar-refractivity contribution in [2.24, 2.45) is 5.41 Å². The first-order valence-electron chi connectivity index (χ1n) is 8.63. The van der Waals surface area contributed by atoms with Crippen LogP contribution in [0.2, 0.25) is 0 Å². The lowest BCUT2D eigenvalue weighted by Crippen LogP contribution is -2.46. The molecule has 3 aliphatic rings. The third kappa shape index (κ3) is 3.01. The van der Waals surface area contributed by atoms with Crippen molar-refractivity contribution < 1.29 is 24.5 Å². The number of esters is 1. The molecule has 2 aliphatic heterocycles. The highest BCUT2D eigenvalue weighted by molar-refractivity contribution is 5.95. The highest BCUT2D eigenvalue weighted by Crippen LogP contribution is 2.66. The molecule has 0 unspecified atom stereocenters. The molecular formula is C20H26O5. The minimum absolute atomic E-state index is 0.0561. The lowest BCUT2D eigenvalue weighted by Gasteiger charge is -2.39. The Morgan fingerprint density at radius 2 is 2.08 bits per heavy atom. The molecule has 2 N–H and O–H groups in total. The summed E-state index contributed by atoms with van der Waals surface area (Å²) < 4.78 is 11.3. The molecule has 2 heterocycles. The van der Waals surface area contributed by atoms with Crippen molar-refractivity contribution in [3.8, 4) is 0 Å². The second kappa shape index (κ2) is 5.94. The Labute approximate surface area is 148 Å². The van der Waals surface area contributed by atoms with Gasteiger partial charge in [-0.2, -0.15) is 0 Å². The van der Waals surface area contributed by atoms with Gasteiger partial charge >= 0.3 is 5.97 Å². The SMILES string of the molecule is CC(=C\CO)/C=C1C=C(/C=C/[C@@]23O[C@]2(C)C[C@@H](O)CC3(C)C)C(=O)O\1. The Balaban J connectivity index is 1.83. The molecule has 1 saturated heterocycles. The van der Waals surface area contributed by atoms with Gasteiger partial charge in [-0.15, -0.1) is 0 Å². The number of fused-ring (bicyclic) bond motifs is 1. The van der Waals surface area contributed by atoms with Crippen LogP contribution in [0.25, 0.3) is 0 Å². The topological polar surface area (TPSA) is 79.3 Å². The van der Waals surface area contributed by atoms with Crippen LogP contribution in [0.15, 0.2) is 47.3 Å². The first kappa shape index (κ1) is 18.1. The van der Waals surface area contributed by atoms with Crippen molar-refractivity contribution in [2.45, 2.75) is 57.8 Å². The Morgan fingerprint density at radius 3 is 2.72 bits per heavy atom. The fourth-order valence-corrected chi connectivity index (χ4v) is 4.30. The Kier molecular flexibility index (Phi) is 4.30. The monoisotopic (exact) mass is 346 g/mol. The van der Waals surface area contributed by atoms with E-state index in [0.717, 1.165) is 5.57 Å². The number of ether oxygens (including phenoxy) is 2. The van der Waals surface area contributed by atoms with Gasteiger partial charge in [0.2, 0.25) is 0 Å². The molecule has 0 aromatic carbocycles. The molecule has 1 aliphatic carbocycles. The fraction of sp³-hybridized carbons (Fsp3) is 0.550. The molecular weight excluding hydrogens is 320 g/mol.